The summed E-state index contributed by atoms with van der Waals surface area (Å²) in [6, 6.07) is 0. The predicted octanol–water partition coefficient (Wildman–Crippen LogP) is 0.752. The molecule has 0 aliphatic rings. The summed E-state index contributed by atoms with van der Waals surface area (Å²) in [6.07, 6.45) is 3.85. The summed E-state index contributed by atoms with van der Waals surface area (Å²) >= 11 is 0. The first-order valence-corrected chi connectivity index (χ1v) is 6.36. The van der Waals surface area contributed by atoms with Crippen LogP contribution in [0.15, 0.2) is 12.4 Å². The Balaban J connectivity index is 2.70. The zero-order chi connectivity index (χ0) is 14.8. The van der Waals surface area contributed by atoms with E-state index in [-0.39, 0.29) is 5.69 Å². The van der Waals surface area contributed by atoms with Crippen molar-refractivity contribution in [1.82, 2.24) is 9.97 Å². The summed E-state index contributed by atoms with van der Waals surface area (Å²) in [5.74, 6) is 0.206. The lowest BCUT2D eigenvalue weighted by molar-refractivity contribution is 0.0593. The largest absolute Gasteiger partial charge is 0.464 e. The lowest BCUT2D eigenvalue weighted by Crippen LogP contribution is -2.30. The smallest absolute Gasteiger partial charge is 0.358 e. The molecular formula is C13H21N3O4. The second-order valence-electron chi connectivity index (χ2n) is 4.08. The van der Waals surface area contributed by atoms with Gasteiger partial charge in [0.1, 0.15) is 5.82 Å². The topological polar surface area (TPSA) is 73.8 Å². The molecule has 112 valence electrons. The Labute approximate surface area is 118 Å². The van der Waals surface area contributed by atoms with Crippen LogP contribution in [0, 0.1) is 0 Å². The summed E-state index contributed by atoms with van der Waals surface area (Å²) in [6.45, 7) is 2.75. The Kier molecular flexibility index (Phi) is 7.52. The molecule has 0 radical (unpaired) electrons. The number of aromatic nitrogens is 2. The lowest BCUT2D eigenvalue weighted by Gasteiger charge is -2.22. The highest BCUT2D eigenvalue weighted by Crippen LogP contribution is 2.10. The Bertz CT molecular complexity index is 397. The molecule has 0 saturated heterocycles. The first-order chi connectivity index (χ1) is 9.72. The van der Waals surface area contributed by atoms with E-state index in [1.165, 1.54) is 13.3 Å². The maximum absolute atomic E-state index is 11.3. The normalized spacial score (nSPS) is 10.3. The number of methoxy groups -OCH3 is 3. The number of carbonyl (C=O) groups is 1. The van der Waals surface area contributed by atoms with Crippen LogP contribution in [0.25, 0.3) is 0 Å². The molecular weight excluding hydrogens is 262 g/mol. The van der Waals surface area contributed by atoms with Crippen LogP contribution < -0.4 is 4.90 Å². The molecule has 0 aliphatic carbocycles. The molecule has 1 heterocycles. The van der Waals surface area contributed by atoms with E-state index in [1.54, 1.807) is 20.4 Å². The average molecular weight is 283 g/mol. The fraction of sp³-hybridized carbons (Fsp3) is 0.615. The van der Waals surface area contributed by atoms with Crippen LogP contribution in [0.5, 0.6) is 0 Å². The minimum atomic E-state index is -0.494. The van der Waals surface area contributed by atoms with Gasteiger partial charge in [-0.1, -0.05) is 0 Å². The average Bonchev–Trinajstić information content (AvgIpc) is 2.50. The van der Waals surface area contributed by atoms with Crippen molar-refractivity contribution in [3.63, 3.8) is 0 Å². The molecule has 0 aromatic carbocycles. The minimum absolute atomic E-state index is 0.194. The molecule has 0 unspecified atom stereocenters. The number of carbonyl (C=O) groups excluding carboxylic acids is 1. The van der Waals surface area contributed by atoms with Crippen molar-refractivity contribution in [2.45, 2.75) is 6.42 Å². The predicted molar refractivity (Wildman–Crippen MR) is 74.0 cm³/mol. The van der Waals surface area contributed by atoms with Gasteiger partial charge in [-0.15, -0.1) is 0 Å². The fourth-order valence-corrected chi connectivity index (χ4v) is 1.64. The van der Waals surface area contributed by atoms with E-state index in [2.05, 4.69) is 14.7 Å². The van der Waals surface area contributed by atoms with Crippen molar-refractivity contribution in [3.8, 4) is 0 Å². The maximum Gasteiger partial charge on any atom is 0.358 e. The van der Waals surface area contributed by atoms with Gasteiger partial charge in [0.05, 0.1) is 26.1 Å². The Morgan fingerprint density at radius 3 is 2.40 bits per heavy atom. The Morgan fingerprint density at radius 2 is 1.85 bits per heavy atom. The Morgan fingerprint density at radius 1 is 1.10 bits per heavy atom. The molecule has 0 amide bonds. The van der Waals surface area contributed by atoms with Crippen LogP contribution >= 0.6 is 0 Å². The van der Waals surface area contributed by atoms with Crippen LogP contribution in [-0.2, 0) is 14.2 Å². The zero-order valence-electron chi connectivity index (χ0n) is 12.2. The third-order valence-electron chi connectivity index (χ3n) is 2.70. The maximum atomic E-state index is 11.3. The zero-order valence-corrected chi connectivity index (χ0v) is 12.2. The summed E-state index contributed by atoms with van der Waals surface area (Å²) in [4.78, 5) is 21.6. The molecule has 7 nitrogen and oxygen atoms in total. The van der Waals surface area contributed by atoms with E-state index in [0.717, 1.165) is 13.0 Å². The minimum Gasteiger partial charge on any atom is -0.464 e. The molecule has 1 aromatic heterocycles. The number of hydrogen-bond donors (Lipinski definition) is 0. The van der Waals surface area contributed by atoms with Gasteiger partial charge >= 0.3 is 5.97 Å². The van der Waals surface area contributed by atoms with E-state index in [9.17, 15) is 4.79 Å². The van der Waals surface area contributed by atoms with Gasteiger partial charge in [-0.25, -0.2) is 14.8 Å². The molecule has 0 fully saturated rings. The number of ether oxygens (including phenoxy) is 3. The molecule has 20 heavy (non-hydrogen) atoms. The first kappa shape index (κ1) is 16.3. The number of rotatable bonds is 9. The summed E-state index contributed by atoms with van der Waals surface area (Å²) in [7, 11) is 4.64. The van der Waals surface area contributed by atoms with Crippen LogP contribution in [-0.4, -0.2) is 63.6 Å². The summed E-state index contributed by atoms with van der Waals surface area (Å²) in [5, 5.41) is 0. The van der Waals surface area contributed by atoms with Gasteiger partial charge in [0.25, 0.3) is 0 Å². The Hall–Kier alpha value is -1.73. The monoisotopic (exact) mass is 283 g/mol. The van der Waals surface area contributed by atoms with E-state index >= 15 is 0 Å². The van der Waals surface area contributed by atoms with Crippen molar-refractivity contribution in [2.75, 3.05) is 52.5 Å². The molecule has 0 atom stereocenters. The van der Waals surface area contributed by atoms with Crippen LogP contribution in [0.3, 0.4) is 0 Å². The standard InChI is InChI=1S/C13H21N3O4/c1-18-7-4-5-16(6-8-19-2)12-10-14-11(9-15-12)13(17)20-3/h9-10H,4-8H2,1-3H3. The van der Waals surface area contributed by atoms with Gasteiger partial charge < -0.3 is 19.1 Å². The van der Waals surface area contributed by atoms with Crippen molar-refractivity contribution in [1.29, 1.82) is 0 Å². The molecule has 7 heteroatoms. The van der Waals surface area contributed by atoms with Crippen molar-refractivity contribution >= 4 is 11.8 Å². The highest BCUT2D eigenvalue weighted by Gasteiger charge is 2.11. The van der Waals surface area contributed by atoms with Crippen LogP contribution in [0.2, 0.25) is 0 Å². The number of hydrogen-bond acceptors (Lipinski definition) is 7. The molecule has 0 N–H and O–H groups in total. The van der Waals surface area contributed by atoms with E-state index in [4.69, 9.17) is 9.47 Å². The van der Waals surface area contributed by atoms with Gasteiger partial charge in [0, 0.05) is 33.9 Å². The van der Waals surface area contributed by atoms with Crippen LogP contribution in [0.4, 0.5) is 5.82 Å². The van der Waals surface area contributed by atoms with Gasteiger partial charge in [0.2, 0.25) is 0 Å². The molecule has 1 aromatic rings. The second-order valence-corrected chi connectivity index (χ2v) is 4.08. The van der Waals surface area contributed by atoms with Gasteiger partial charge in [-0.3, -0.25) is 0 Å². The molecule has 0 saturated carbocycles. The third-order valence-corrected chi connectivity index (χ3v) is 2.70. The molecule has 1 rings (SSSR count). The summed E-state index contributed by atoms with van der Waals surface area (Å²) in [5.41, 5.74) is 0.194. The molecule has 0 spiro atoms. The van der Waals surface area contributed by atoms with E-state index in [1.807, 2.05) is 4.90 Å². The van der Waals surface area contributed by atoms with Crippen molar-refractivity contribution in [2.24, 2.45) is 0 Å². The van der Waals surface area contributed by atoms with E-state index in [0.29, 0.717) is 25.6 Å². The quantitative estimate of drug-likeness (QED) is 0.489. The molecule has 0 aliphatic heterocycles. The van der Waals surface area contributed by atoms with Gasteiger partial charge in [-0.2, -0.15) is 0 Å². The lowest BCUT2D eigenvalue weighted by atomic mass is 10.3. The van der Waals surface area contributed by atoms with E-state index < -0.39 is 5.97 Å². The highest BCUT2D eigenvalue weighted by molar-refractivity contribution is 5.86. The number of anilines is 1. The van der Waals surface area contributed by atoms with Gasteiger partial charge in [0.15, 0.2) is 5.69 Å². The van der Waals surface area contributed by atoms with Crippen molar-refractivity contribution in [3.05, 3.63) is 18.1 Å². The van der Waals surface area contributed by atoms with Gasteiger partial charge in [-0.05, 0) is 6.42 Å². The third kappa shape index (κ3) is 5.10. The second kappa shape index (κ2) is 9.22. The molecule has 0 bridgehead atoms. The highest BCUT2D eigenvalue weighted by atomic mass is 16.5. The fourth-order valence-electron chi connectivity index (χ4n) is 1.64. The van der Waals surface area contributed by atoms with Crippen LogP contribution in [0.1, 0.15) is 16.9 Å². The first-order valence-electron chi connectivity index (χ1n) is 6.36. The number of nitrogens with zero attached hydrogens (tertiary/aromatic N) is 3. The van der Waals surface area contributed by atoms with Crippen molar-refractivity contribution < 1.29 is 19.0 Å². The number of esters is 1. The SMILES string of the molecule is COCCCN(CCOC)c1cnc(C(=O)OC)cn1. The summed E-state index contributed by atoms with van der Waals surface area (Å²) < 4.78 is 14.7.